The second-order valence-electron chi connectivity index (χ2n) is 3.98. The Bertz CT molecular complexity index is 572. The van der Waals surface area contributed by atoms with Crippen LogP contribution in [-0.2, 0) is 17.7 Å². The minimum absolute atomic E-state index is 0.310. The summed E-state index contributed by atoms with van der Waals surface area (Å²) >= 11 is 0. The number of methoxy groups -OCH3 is 1. The van der Waals surface area contributed by atoms with Crippen molar-refractivity contribution in [3.05, 3.63) is 29.6 Å². The molecule has 0 amide bonds. The fourth-order valence-corrected chi connectivity index (χ4v) is 2.26. The summed E-state index contributed by atoms with van der Waals surface area (Å²) < 4.78 is 6.91. The highest BCUT2D eigenvalue weighted by molar-refractivity contribution is 5.93. The summed E-state index contributed by atoms with van der Waals surface area (Å²) in [4.78, 5) is 15.9. The Balaban J connectivity index is 2.16. The van der Waals surface area contributed by atoms with E-state index in [9.17, 15) is 4.79 Å². The molecule has 0 atom stereocenters. The van der Waals surface area contributed by atoms with Gasteiger partial charge in [0.05, 0.1) is 23.7 Å². The Hall–Kier alpha value is -1.84. The van der Waals surface area contributed by atoms with Crippen LogP contribution in [0.25, 0.3) is 11.0 Å². The molecule has 3 rings (SSSR count). The summed E-state index contributed by atoms with van der Waals surface area (Å²) in [5.74, 6) is 0.812. The Morgan fingerprint density at radius 3 is 3.19 bits per heavy atom. The van der Waals surface area contributed by atoms with E-state index in [1.165, 1.54) is 7.11 Å². The fourth-order valence-electron chi connectivity index (χ4n) is 2.26. The molecule has 0 radical (unpaired) electrons. The van der Waals surface area contributed by atoms with Gasteiger partial charge in [-0.15, -0.1) is 0 Å². The van der Waals surface area contributed by atoms with Gasteiger partial charge in [-0.25, -0.2) is 9.78 Å². The van der Waals surface area contributed by atoms with Gasteiger partial charge in [-0.05, 0) is 24.6 Å². The highest BCUT2D eigenvalue weighted by Gasteiger charge is 2.17. The maximum Gasteiger partial charge on any atom is 0.337 e. The lowest BCUT2D eigenvalue weighted by Crippen LogP contribution is -2.00. The van der Waals surface area contributed by atoms with Crippen molar-refractivity contribution >= 4 is 17.0 Å². The standard InChI is InChI=1S/C12H12N2O2/c1-16-12(15)8-4-5-10-9(7-8)13-11-3-2-6-14(10)11/h4-5,7H,2-3,6H2,1H3. The number of rotatable bonds is 1. The van der Waals surface area contributed by atoms with Crippen LogP contribution in [0.2, 0.25) is 0 Å². The van der Waals surface area contributed by atoms with Crippen LogP contribution < -0.4 is 0 Å². The highest BCUT2D eigenvalue weighted by atomic mass is 16.5. The molecule has 0 bridgehead atoms. The molecule has 82 valence electrons. The predicted molar refractivity (Wildman–Crippen MR) is 59.4 cm³/mol. The zero-order valence-corrected chi connectivity index (χ0v) is 9.06. The molecule has 0 saturated carbocycles. The number of aryl methyl sites for hydroxylation is 2. The molecule has 0 saturated heterocycles. The Morgan fingerprint density at radius 1 is 1.50 bits per heavy atom. The zero-order chi connectivity index (χ0) is 11.1. The second kappa shape index (κ2) is 3.33. The number of ether oxygens (including phenoxy) is 1. The van der Waals surface area contributed by atoms with E-state index < -0.39 is 0 Å². The topological polar surface area (TPSA) is 44.1 Å². The minimum Gasteiger partial charge on any atom is -0.465 e. The van der Waals surface area contributed by atoms with E-state index in [0.29, 0.717) is 5.56 Å². The minimum atomic E-state index is -0.310. The van der Waals surface area contributed by atoms with Gasteiger partial charge in [-0.2, -0.15) is 0 Å². The third kappa shape index (κ3) is 1.23. The van der Waals surface area contributed by atoms with Crippen LogP contribution in [0.1, 0.15) is 22.6 Å². The number of hydrogen-bond acceptors (Lipinski definition) is 3. The lowest BCUT2D eigenvalue weighted by molar-refractivity contribution is 0.0601. The van der Waals surface area contributed by atoms with Crippen molar-refractivity contribution in [1.29, 1.82) is 0 Å². The third-order valence-corrected chi connectivity index (χ3v) is 3.03. The molecular formula is C12H12N2O2. The first-order valence-electron chi connectivity index (χ1n) is 5.37. The summed E-state index contributed by atoms with van der Waals surface area (Å²) in [5, 5.41) is 0. The molecule has 0 unspecified atom stereocenters. The Labute approximate surface area is 92.8 Å². The average Bonchev–Trinajstić information content (AvgIpc) is 2.86. The Kier molecular flexibility index (Phi) is 1.96. The van der Waals surface area contributed by atoms with Gasteiger partial charge in [0.1, 0.15) is 5.82 Å². The number of benzene rings is 1. The molecule has 4 heteroatoms. The van der Waals surface area contributed by atoms with Crippen molar-refractivity contribution in [2.75, 3.05) is 7.11 Å². The largest absolute Gasteiger partial charge is 0.465 e. The number of fused-ring (bicyclic) bond motifs is 3. The van der Waals surface area contributed by atoms with Crippen molar-refractivity contribution in [3.63, 3.8) is 0 Å². The molecule has 1 aromatic heterocycles. The zero-order valence-electron chi connectivity index (χ0n) is 9.06. The normalized spacial score (nSPS) is 14.1. The molecule has 0 fully saturated rings. The number of aromatic nitrogens is 2. The van der Waals surface area contributed by atoms with Crippen molar-refractivity contribution in [1.82, 2.24) is 9.55 Å². The molecule has 1 aliphatic rings. The van der Waals surface area contributed by atoms with Gasteiger partial charge in [-0.3, -0.25) is 0 Å². The fraction of sp³-hybridized carbons (Fsp3) is 0.333. The predicted octanol–water partition coefficient (Wildman–Crippen LogP) is 1.77. The van der Waals surface area contributed by atoms with Gasteiger partial charge in [-0.1, -0.05) is 0 Å². The number of carbonyl (C=O) groups excluding carboxylic acids is 1. The average molecular weight is 216 g/mol. The van der Waals surface area contributed by atoms with Gasteiger partial charge >= 0.3 is 5.97 Å². The summed E-state index contributed by atoms with van der Waals surface area (Å²) in [7, 11) is 1.39. The van der Waals surface area contributed by atoms with Crippen LogP contribution in [0.3, 0.4) is 0 Å². The van der Waals surface area contributed by atoms with Crippen LogP contribution in [-0.4, -0.2) is 22.6 Å². The SMILES string of the molecule is COC(=O)c1ccc2c(c1)nc1n2CCC1. The maximum atomic E-state index is 11.4. The van der Waals surface area contributed by atoms with Gasteiger partial charge in [0, 0.05) is 13.0 Å². The maximum absolute atomic E-state index is 11.4. The van der Waals surface area contributed by atoms with Crippen molar-refractivity contribution < 1.29 is 9.53 Å². The number of esters is 1. The summed E-state index contributed by atoms with van der Waals surface area (Å²) in [5.41, 5.74) is 2.56. The number of hydrogen-bond donors (Lipinski definition) is 0. The molecule has 0 spiro atoms. The van der Waals surface area contributed by atoms with E-state index in [4.69, 9.17) is 0 Å². The lowest BCUT2D eigenvalue weighted by atomic mass is 10.2. The third-order valence-electron chi connectivity index (χ3n) is 3.03. The van der Waals surface area contributed by atoms with Gasteiger partial charge in [0.15, 0.2) is 0 Å². The molecule has 0 aliphatic carbocycles. The molecule has 1 aliphatic heterocycles. The van der Waals surface area contributed by atoms with Crippen LogP contribution >= 0.6 is 0 Å². The van der Waals surface area contributed by atoms with Crippen molar-refractivity contribution in [2.45, 2.75) is 19.4 Å². The van der Waals surface area contributed by atoms with Crippen molar-refractivity contribution in [3.8, 4) is 0 Å². The first-order chi connectivity index (χ1) is 7.79. The molecule has 2 aromatic rings. The number of imidazole rings is 1. The van der Waals surface area contributed by atoms with Crippen LogP contribution in [0, 0.1) is 0 Å². The van der Waals surface area contributed by atoms with Gasteiger partial charge in [0.2, 0.25) is 0 Å². The Morgan fingerprint density at radius 2 is 2.38 bits per heavy atom. The van der Waals surface area contributed by atoms with Crippen LogP contribution in [0.4, 0.5) is 0 Å². The van der Waals surface area contributed by atoms with Gasteiger partial charge in [0.25, 0.3) is 0 Å². The molecule has 2 heterocycles. The molecular weight excluding hydrogens is 204 g/mol. The summed E-state index contributed by atoms with van der Waals surface area (Å²) in [6.07, 6.45) is 2.19. The smallest absolute Gasteiger partial charge is 0.337 e. The number of carbonyl (C=O) groups is 1. The molecule has 4 nitrogen and oxygen atoms in total. The quantitative estimate of drug-likeness (QED) is 0.682. The van der Waals surface area contributed by atoms with Crippen molar-refractivity contribution in [2.24, 2.45) is 0 Å². The lowest BCUT2D eigenvalue weighted by Gasteiger charge is -2.00. The molecule has 0 N–H and O–H groups in total. The van der Waals surface area contributed by atoms with E-state index >= 15 is 0 Å². The van der Waals surface area contributed by atoms with E-state index in [2.05, 4.69) is 14.3 Å². The highest BCUT2D eigenvalue weighted by Crippen LogP contribution is 2.23. The van der Waals surface area contributed by atoms with E-state index in [-0.39, 0.29) is 5.97 Å². The summed E-state index contributed by atoms with van der Waals surface area (Å²) in [6, 6.07) is 5.54. The van der Waals surface area contributed by atoms with E-state index in [0.717, 1.165) is 36.2 Å². The number of nitrogens with zero attached hydrogens (tertiary/aromatic N) is 2. The first-order valence-corrected chi connectivity index (χ1v) is 5.37. The monoisotopic (exact) mass is 216 g/mol. The van der Waals surface area contributed by atoms with Crippen LogP contribution in [0.15, 0.2) is 18.2 Å². The van der Waals surface area contributed by atoms with E-state index in [1.54, 1.807) is 12.1 Å². The molecule has 16 heavy (non-hydrogen) atoms. The summed E-state index contributed by atoms with van der Waals surface area (Å²) in [6.45, 7) is 1.03. The molecule has 1 aromatic carbocycles. The van der Waals surface area contributed by atoms with Gasteiger partial charge < -0.3 is 9.30 Å². The van der Waals surface area contributed by atoms with E-state index in [1.807, 2.05) is 6.07 Å². The second-order valence-corrected chi connectivity index (χ2v) is 3.98. The first kappa shape index (κ1) is 9.39. The van der Waals surface area contributed by atoms with Crippen LogP contribution in [0.5, 0.6) is 0 Å².